The predicted molar refractivity (Wildman–Crippen MR) is 71.1 cm³/mol. The number of carboxylic acid groups (broad SMARTS) is 1. The van der Waals surface area contributed by atoms with Crippen LogP contribution in [0.15, 0.2) is 5.38 Å². The number of nitrogens with zero attached hydrogens (tertiary/aromatic N) is 2. The molecule has 0 saturated carbocycles. The van der Waals surface area contributed by atoms with Gasteiger partial charge in [0.25, 0.3) is 0 Å². The predicted octanol–water partition coefficient (Wildman–Crippen LogP) is 1.42. The van der Waals surface area contributed by atoms with Crippen LogP contribution in [0.3, 0.4) is 0 Å². The highest BCUT2D eigenvalue weighted by Crippen LogP contribution is 2.09. The first-order valence-corrected chi connectivity index (χ1v) is 7.24. The number of nitrogens with one attached hydrogen (secondary N) is 1. The molecule has 2 heterocycles. The van der Waals surface area contributed by atoms with Crippen molar-refractivity contribution in [2.24, 2.45) is 0 Å². The van der Waals surface area contributed by atoms with Crippen molar-refractivity contribution in [2.75, 3.05) is 26.2 Å². The van der Waals surface area contributed by atoms with Gasteiger partial charge in [-0.15, -0.1) is 11.3 Å². The maximum atomic E-state index is 10.7. The minimum Gasteiger partial charge on any atom is -0.476 e. The first kappa shape index (κ1) is 13.5. The van der Waals surface area contributed by atoms with Crippen molar-refractivity contribution >= 4 is 17.3 Å². The lowest BCUT2D eigenvalue weighted by Crippen LogP contribution is -2.24. The Morgan fingerprint density at radius 2 is 2.28 bits per heavy atom. The number of aromatic carboxylic acids is 1. The summed E-state index contributed by atoms with van der Waals surface area (Å²) in [5.41, 5.74) is 0.818. The summed E-state index contributed by atoms with van der Waals surface area (Å²) in [5, 5.41) is 14.0. The van der Waals surface area contributed by atoms with Crippen molar-refractivity contribution in [2.45, 2.75) is 25.8 Å². The van der Waals surface area contributed by atoms with Gasteiger partial charge in [0, 0.05) is 11.9 Å². The van der Waals surface area contributed by atoms with Crippen LogP contribution in [0.4, 0.5) is 0 Å². The van der Waals surface area contributed by atoms with Gasteiger partial charge in [0.05, 0.1) is 5.69 Å². The molecule has 0 unspecified atom stereocenters. The second kappa shape index (κ2) is 6.82. The maximum Gasteiger partial charge on any atom is 0.365 e. The van der Waals surface area contributed by atoms with Gasteiger partial charge in [-0.3, -0.25) is 0 Å². The normalized spacial score (nSPS) is 16.2. The molecule has 0 aliphatic carbocycles. The second-order valence-corrected chi connectivity index (χ2v) is 5.39. The van der Waals surface area contributed by atoms with Gasteiger partial charge in [-0.2, -0.15) is 0 Å². The average Bonchev–Trinajstić information content (AvgIpc) is 2.98. The summed E-state index contributed by atoms with van der Waals surface area (Å²) in [4.78, 5) is 17.2. The highest BCUT2D eigenvalue weighted by molar-refractivity contribution is 7.11. The van der Waals surface area contributed by atoms with E-state index in [1.54, 1.807) is 5.38 Å². The first-order chi connectivity index (χ1) is 8.75. The number of likely N-dealkylation sites (tertiary alicyclic amines) is 1. The van der Waals surface area contributed by atoms with Crippen molar-refractivity contribution in [1.29, 1.82) is 0 Å². The van der Waals surface area contributed by atoms with Gasteiger partial charge in [-0.1, -0.05) is 0 Å². The molecule has 1 aromatic rings. The number of thiazole rings is 1. The number of hydrogen-bond donors (Lipinski definition) is 2. The molecule has 6 heteroatoms. The van der Waals surface area contributed by atoms with Crippen molar-refractivity contribution in [3.63, 3.8) is 0 Å². The van der Waals surface area contributed by atoms with Crippen molar-refractivity contribution < 1.29 is 9.90 Å². The Morgan fingerprint density at radius 3 is 2.94 bits per heavy atom. The van der Waals surface area contributed by atoms with Gasteiger partial charge in [0.15, 0.2) is 0 Å². The topological polar surface area (TPSA) is 65.5 Å². The van der Waals surface area contributed by atoms with E-state index in [9.17, 15) is 4.79 Å². The number of hydrogen-bond acceptors (Lipinski definition) is 5. The Hall–Kier alpha value is -0.980. The van der Waals surface area contributed by atoms with Crippen LogP contribution in [-0.2, 0) is 6.54 Å². The zero-order valence-corrected chi connectivity index (χ0v) is 11.2. The highest BCUT2D eigenvalue weighted by Gasteiger charge is 2.10. The first-order valence-electron chi connectivity index (χ1n) is 6.36. The van der Waals surface area contributed by atoms with Crippen LogP contribution in [0.1, 0.15) is 34.8 Å². The number of carbonyl (C=O) groups is 1. The van der Waals surface area contributed by atoms with Gasteiger partial charge in [0.2, 0.25) is 5.01 Å². The molecule has 0 spiro atoms. The van der Waals surface area contributed by atoms with Crippen LogP contribution in [0.2, 0.25) is 0 Å². The zero-order valence-electron chi connectivity index (χ0n) is 10.4. The number of rotatable bonds is 7. The molecule has 0 amide bonds. The fourth-order valence-corrected chi connectivity index (χ4v) is 2.79. The van der Waals surface area contributed by atoms with E-state index in [0.29, 0.717) is 6.54 Å². The van der Waals surface area contributed by atoms with Gasteiger partial charge in [-0.05, 0) is 45.4 Å². The summed E-state index contributed by atoms with van der Waals surface area (Å²) < 4.78 is 0. The summed E-state index contributed by atoms with van der Waals surface area (Å²) in [7, 11) is 0. The Balaban J connectivity index is 1.58. The largest absolute Gasteiger partial charge is 0.476 e. The molecule has 1 saturated heterocycles. The standard InChI is InChI=1S/C12H19N3O2S/c16-12(17)11-14-10(9-18-11)8-13-4-3-7-15-5-1-2-6-15/h9,13H,1-8H2,(H,16,17). The number of carboxylic acids is 1. The lowest BCUT2D eigenvalue weighted by atomic mass is 10.3. The molecule has 0 bridgehead atoms. The van der Waals surface area contributed by atoms with Crippen LogP contribution in [0, 0.1) is 0 Å². The summed E-state index contributed by atoms with van der Waals surface area (Å²) in [6.07, 6.45) is 3.81. The second-order valence-electron chi connectivity index (χ2n) is 4.53. The van der Waals surface area contributed by atoms with E-state index in [-0.39, 0.29) is 5.01 Å². The van der Waals surface area contributed by atoms with Crippen LogP contribution in [0.5, 0.6) is 0 Å². The van der Waals surface area contributed by atoms with Gasteiger partial charge >= 0.3 is 5.97 Å². The number of aromatic nitrogens is 1. The Bertz CT molecular complexity index is 388. The molecule has 5 nitrogen and oxygen atoms in total. The van der Waals surface area contributed by atoms with Crippen LogP contribution in [-0.4, -0.2) is 47.1 Å². The van der Waals surface area contributed by atoms with Crippen LogP contribution < -0.4 is 5.32 Å². The van der Waals surface area contributed by atoms with E-state index in [1.807, 2.05) is 0 Å². The summed E-state index contributed by atoms with van der Waals surface area (Å²) >= 11 is 1.18. The van der Waals surface area contributed by atoms with Crippen LogP contribution in [0.25, 0.3) is 0 Å². The molecular formula is C12H19N3O2S. The molecule has 1 aliphatic rings. The molecule has 2 rings (SSSR count). The highest BCUT2D eigenvalue weighted by atomic mass is 32.1. The Kier molecular flexibility index (Phi) is 5.10. The SMILES string of the molecule is O=C(O)c1nc(CNCCCN2CCCC2)cs1. The molecule has 0 aromatic carbocycles. The van der Waals surface area contributed by atoms with E-state index in [4.69, 9.17) is 5.11 Å². The molecular weight excluding hydrogens is 250 g/mol. The fourth-order valence-electron chi connectivity index (χ4n) is 2.14. The fraction of sp³-hybridized carbons (Fsp3) is 0.667. The molecule has 1 aromatic heterocycles. The van der Waals surface area contributed by atoms with E-state index in [1.165, 1.54) is 37.3 Å². The van der Waals surface area contributed by atoms with Crippen molar-refractivity contribution in [3.8, 4) is 0 Å². The third kappa shape index (κ3) is 4.04. The smallest absolute Gasteiger partial charge is 0.365 e. The maximum absolute atomic E-state index is 10.7. The van der Waals surface area contributed by atoms with E-state index < -0.39 is 5.97 Å². The van der Waals surface area contributed by atoms with Gasteiger partial charge in [0.1, 0.15) is 0 Å². The van der Waals surface area contributed by atoms with Gasteiger partial charge in [-0.25, -0.2) is 9.78 Å². The minimum absolute atomic E-state index is 0.170. The molecule has 100 valence electrons. The molecule has 0 atom stereocenters. The Morgan fingerprint density at radius 1 is 1.50 bits per heavy atom. The molecule has 18 heavy (non-hydrogen) atoms. The van der Waals surface area contributed by atoms with Gasteiger partial charge < -0.3 is 15.3 Å². The van der Waals surface area contributed by atoms with Crippen molar-refractivity contribution in [3.05, 3.63) is 16.1 Å². The zero-order chi connectivity index (χ0) is 12.8. The third-order valence-electron chi connectivity index (χ3n) is 3.07. The lowest BCUT2D eigenvalue weighted by Gasteiger charge is -2.13. The van der Waals surface area contributed by atoms with E-state index in [2.05, 4.69) is 15.2 Å². The van der Waals surface area contributed by atoms with E-state index >= 15 is 0 Å². The monoisotopic (exact) mass is 269 g/mol. The summed E-state index contributed by atoms with van der Waals surface area (Å²) in [5.74, 6) is -0.944. The minimum atomic E-state index is -0.944. The molecule has 1 fully saturated rings. The summed E-state index contributed by atoms with van der Waals surface area (Å²) in [6.45, 7) is 5.26. The summed E-state index contributed by atoms with van der Waals surface area (Å²) in [6, 6.07) is 0. The molecule has 0 radical (unpaired) electrons. The third-order valence-corrected chi connectivity index (χ3v) is 3.95. The van der Waals surface area contributed by atoms with Crippen LogP contribution >= 0.6 is 11.3 Å². The van der Waals surface area contributed by atoms with Crippen molar-refractivity contribution in [1.82, 2.24) is 15.2 Å². The quantitative estimate of drug-likeness (QED) is 0.733. The molecule has 1 aliphatic heterocycles. The molecule has 2 N–H and O–H groups in total. The average molecular weight is 269 g/mol. The van der Waals surface area contributed by atoms with E-state index in [0.717, 1.165) is 25.2 Å². The Labute approximate surface area is 111 Å². The lowest BCUT2D eigenvalue weighted by molar-refractivity contribution is 0.0696.